The molecule has 94 valence electrons. The van der Waals surface area contributed by atoms with Crippen LogP contribution in [0.1, 0.15) is 5.56 Å². The number of carbonyl (C=O) groups excluding carboxylic acids is 2. The topological polar surface area (TPSA) is 52.7 Å². The van der Waals surface area contributed by atoms with Crippen LogP contribution >= 0.6 is 0 Å². The Morgan fingerprint density at radius 1 is 1.17 bits per heavy atom. The number of benzene rings is 1. The molecule has 2 rings (SSSR count). The maximum atomic E-state index is 11.7. The Hall–Kier alpha value is -2.30. The van der Waals surface area contributed by atoms with Crippen molar-refractivity contribution in [3.8, 4) is 0 Å². The number of amides is 3. The van der Waals surface area contributed by atoms with E-state index in [2.05, 4.69) is 5.32 Å². The largest absolute Gasteiger partial charge is 0.378 e. The maximum absolute atomic E-state index is 11.7. The van der Waals surface area contributed by atoms with Crippen molar-refractivity contribution in [2.24, 2.45) is 0 Å². The number of urea groups is 1. The molecule has 1 fully saturated rings. The van der Waals surface area contributed by atoms with E-state index in [4.69, 9.17) is 0 Å². The van der Waals surface area contributed by atoms with Gasteiger partial charge < -0.3 is 10.2 Å². The first-order valence-corrected chi connectivity index (χ1v) is 5.57. The molecule has 1 aromatic carbocycles. The molecule has 3 amide bonds. The fourth-order valence-corrected chi connectivity index (χ4v) is 1.66. The predicted octanol–water partition coefficient (Wildman–Crippen LogP) is 1.28. The summed E-state index contributed by atoms with van der Waals surface area (Å²) in [6.07, 6.45) is 1.67. The number of likely N-dealkylation sites (N-methyl/N-ethyl adjacent to an activating group) is 1. The fourth-order valence-electron chi connectivity index (χ4n) is 1.66. The highest BCUT2D eigenvalue weighted by Gasteiger charge is 2.29. The highest BCUT2D eigenvalue weighted by atomic mass is 16.2. The molecular formula is C13H15N3O2. The van der Waals surface area contributed by atoms with Gasteiger partial charge in [0, 0.05) is 26.8 Å². The Morgan fingerprint density at radius 2 is 1.78 bits per heavy atom. The molecule has 1 aromatic rings. The van der Waals surface area contributed by atoms with E-state index >= 15 is 0 Å². The van der Waals surface area contributed by atoms with E-state index in [1.807, 2.05) is 43.3 Å². The summed E-state index contributed by atoms with van der Waals surface area (Å²) in [6.45, 7) is 0. The molecule has 1 aliphatic heterocycles. The van der Waals surface area contributed by atoms with Gasteiger partial charge in [-0.05, 0) is 23.8 Å². The summed E-state index contributed by atoms with van der Waals surface area (Å²) in [5, 5.41) is 2.53. The first kappa shape index (κ1) is 12.2. The first-order valence-electron chi connectivity index (χ1n) is 5.57. The van der Waals surface area contributed by atoms with Gasteiger partial charge in [-0.15, -0.1) is 0 Å². The normalized spacial score (nSPS) is 17.3. The SMILES string of the molecule is CN1C(=O)NC(=Cc2ccc(N(C)C)cc2)C1=O. The van der Waals surface area contributed by atoms with Crippen molar-refractivity contribution in [1.29, 1.82) is 0 Å². The standard InChI is InChI=1S/C13H15N3O2/c1-15(2)10-6-4-9(5-7-10)8-11-12(17)16(3)13(18)14-11/h4-8H,1-3H3,(H,14,18). The van der Waals surface area contributed by atoms with E-state index in [1.165, 1.54) is 7.05 Å². The molecule has 1 saturated heterocycles. The van der Waals surface area contributed by atoms with Crippen molar-refractivity contribution in [3.63, 3.8) is 0 Å². The summed E-state index contributed by atoms with van der Waals surface area (Å²) >= 11 is 0. The second-order valence-corrected chi connectivity index (χ2v) is 4.34. The lowest BCUT2D eigenvalue weighted by Gasteiger charge is -2.11. The van der Waals surface area contributed by atoms with Crippen LogP contribution in [0, 0.1) is 0 Å². The van der Waals surface area contributed by atoms with Gasteiger partial charge in [-0.1, -0.05) is 12.1 Å². The molecule has 0 spiro atoms. The highest BCUT2D eigenvalue weighted by molar-refractivity contribution is 6.13. The maximum Gasteiger partial charge on any atom is 0.328 e. The molecule has 5 heteroatoms. The summed E-state index contributed by atoms with van der Waals surface area (Å²) < 4.78 is 0. The summed E-state index contributed by atoms with van der Waals surface area (Å²) in [6, 6.07) is 7.32. The minimum Gasteiger partial charge on any atom is -0.378 e. The molecule has 0 bridgehead atoms. The average molecular weight is 245 g/mol. The molecule has 0 aromatic heterocycles. The average Bonchev–Trinajstić information content (AvgIpc) is 2.58. The second-order valence-electron chi connectivity index (χ2n) is 4.34. The Bertz CT molecular complexity index is 518. The number of carbonyl (C=O) groups is 2. The third-order valence-electron chi connectivity index (χ3n) is 2.80. The quantitative estimate of drug-likeness (QED) is 0.630. The summed E-state index contributed by atoms with van der Waals surface area (Å²) in [7, 11) is 5.37. The van der Waals surface area contributed by atoms with E-state index in [-0.39, 0.29) is 5.91 Å². The smallest absolute Gasteiger partial charge is 0.328 e. The number of imide groups is 1. The number of nitrogens with one attached hydrogen (secondary N) is 1. The zero-order chi connectivity index (χ0) is 13.3. The van der Waals surface area contributed by atoms with Crippen molar-refractivity contribution < 1.29 is 9.59 Å². The highest BCUT2D eigenvalue weighted by Crippen LogP contribution is 2.16. The van der Waals surface area contributed by atoms with Crippen LogP contribution in [0.25, 0.3) is 6.08 Å². The van der Waals surface area contributed by atoms with E-state index in [0.29, 0.717) is 5.70 Å². The number of anilines is 1. The second kappa shape index (κ2) is 4.52. The van der Waals surface area contributed by atoms with Gasteiger partial charge in [0.15, 0.2) is 0 Å². The molecule has 0 saturated carbocycles. The third-order valence-corrected chi connectivity index (χ3v) is 2.80. The number of nitrogens with zero attached hydrogens (tertiary/aromatic N) is 2. The van der Waals surface area contributed by atoms with Crippen LogP contribution in [0.5, 0.6) is 0 Å². The fraction of sp³-hybridized carbons (Fsp3) is 0.231. The van der Waals surface area contributed by atoms with Gasteiger partial charge >= 0.3 is 6.03 Å². The van der Waals surface area contributed by atoms with Gasteiger partial charge in [-0.3, -0.25) is 9.69 Å². The Balaban J connectivity index is 2.24. The Kier molecular flexibility index (Phi) is 3.06. The van der Waals surface area contributed by atoms with Crippen molar-refractivity contribution in [2.75, 3.05) is 26.0 Å². The van der Waals surface area contributed by atoms with Crippen LogP contribution in [0.3, 0.4) is 0 Å². The Morgan fingerprint density at radius 3 is 2.22 bits per heavy atom. The van der Waals surface area contributed by atoms with E-state index in [9.17, 15) is 9.59 Å². The van der Waals surface area contributed by atoms with Crippen LogP contribution in [0.2, 0.25) is 0 Å². The number of hydrogen-bond acceptors (Lipinski definition) is 3. The van der Waals surface area contributed by atoms with Gasteiger partial charge in [0.2, 0.25) is 0 Å². The summed E-state index contributed by atoms with van der Waals surface area (Å²) in [4.78, 5) is 26.0. The molecule has 0 radical (unpaired) electrons. The zero-order valence-electron chi connectivity index (χ0n) is 10.6. The predicted molar refractivity (Wildman–Crippen MR) is 70.0 cm³/mol. The van der Waals surface area contributed by atoms with Crippen molar-refractivity contribution >= 4 is 23.7 Å². The van der Waals surface area contributed by atoms with Crippen LogP contribution in [-0.2, 0) is 4.79 Å². The molecule has 5 nitrogen and oxygen atoms in total. The van der Waals surface area contributed by atoms with Gasteiger partial charge in [-0.25, -0.2) is 4.79 Å². The monoisotopic (exact) mass is 245 g/mol. The lowest BCUT2D eigenvalue weighted by atomic mass is 10.1. The molecule has 0 unspecified atom stereocenters. The van der Waals surface area contributed by atoms with Gasteiger partial charge in [0.1, 0.15) is 5.70 Å². The third kappa shape index (κ3) is 2.20. The summed E-state index contributed by atoms with van der Waals surface area (Å²) in [5.74, 6) is -0.309. The van der Waals surface area contributed by atoms with Crippen molar-refractivity contribution in [1.82, 2.24) is 10.2 Å². The molecule has 1 heterocycles. The molecular weight excluding hydrogens is 230 g/mol. The lowest BCUT2D eigenvalue weighted by Crippen LogP contribution is -2.25. The molecule has 0 aliphatic carbocycles. The van der Waals surface area contributed by atoms with Gasteiger partial charge in [0.25, 0.3) is 5.91 Å². The molecule has 1 aliphatic rings. The van der Waals surface area contributed by atoms with E-state index in [0.717, 1.165) is 16.2 Å². The molecule has 0 atom stereocenters. The minimum absolute atomic E-state index is 0.306. The zero-order valence-corrected chi connectivity index (χ0v) is 10.6. The molecule has 18 heavy (non-hydrogen) atoms. The van der Waals surface area contributed by atoms with Crippen LogP contribution in [0.15, 0.2) is 30.0 Å². The van der Waals surface area contributed by atoms with Crippen LogP contribution < -0.4 is 10.2 Å². The number of hydrogen-bond donors (Lipinski definition) is 1. The molecule has 1 N–H and O–H groups in total. The Labute approximate surface area is 106 Å². The minimum atomic E-state index is -0.392. The van der Waals surface area contributed by atoms with Gasteiger partial charge in [0.05, 0.1) is 0 Å². The lowest BCUT2D eigenvalue weighted by molar-refractivity contribution is -0.121. The van der Waals surface area contributed by atoms with Crippen LogP contribution in [-0.4, -0.2) is 38.0 Å². The first-order chi connectivity index (χ1) is 8.49. The summed E-state index contributed by atoms with van der Waals surface area (Å²) in [5.41, 5.74) is 2.26. The van der Waals surface area contributed by atoms with Crippen molar-refractivity contribution in [3.05, 3.63) is 35.5 Å². The number of rotatable bonds is 2. The van der Waals surface area contributed by atoms with Gasteiger partial charge in [-0.2, -0.15) is 0 Å². The van der Waals surface area contributed by atoms with Crippen LogP contribution in [0.4, 0.5) is 10.5 Å². The van der Waals surface area contributed by atoms with Crippen molar-refractivity contribution in [2.45, 2.75) is 0 Å². The van der Waals surface area contributed by atoms with E-state index < -0.39 is 6.03 Å². The van der Waals surface area contributed by atoms with E-state index in [1.54, 1.807) is 6.08 Å².